The molecule has 0 fully saturated rings. The summed E-state index contributed by atoms with van der Waals surface area (Å²) < 4.78 is 0. The van der Waals surface area contributed by atoms with Crippen molar-refractivity contribution >= 4 is 29.1 Å². The van der Waals surface area contributed by atoms with Gasteiger partial charge in [-0.2, -0.15) is 0 Å². The number of pyridine rings is 1. The van der Waals surface area contributed by atoms with Crippen LogP contribution in [0.15, 0.2) is 12.1 Å². The van der Waals surface area contributed by atoms with Gasteiger partial charge in [0.1, 0.15) is 10.3 Å². The monoisotopic (exact) mass is 274 g/mol. The van der Waals surface area contributed by atoms with E-state index in [1.54, 1.807) is 11.9 Å². The Balaban J connectivity index is 2.88. The quantitative estimate of drug-likeness (QED) is 0.786. The minimum absolute atomic E-state index is 0.0860. The topological polar surface area (TPSA) is 33.2 Å². The second kappa shape index (κ2) is 6.22. The first-order valence-electron chi connectivity index (χ1n) is 5.56. The van der Waals surface area contributed by atoms with Crippen LogP contribution in [0.5, 0.6) is 0 Å². The number of rotatable bonds is 4. The maximum absolute atomic E-state index is 12.1. The Kier molecular flexibility index (Phi) is 5.22. The van der Waals surface area contributed by atoms with E-state index >= 15 is 0 Å². The Bertz CT molecular complexity index is 389. The molecule has 0 N–H and O–H groups in total. The summed E-state index contributed by atoms with van der Waals surface area (Å²) in [5.74, 6) is -0.0860. The highest BCUT2D eigenvalue weighted by Gasteiger charge is 2.17. The lowest BCUT2D eigenvalue weighted by molar-refractivity contribution is 0.0736. The Morgan fingerprint density at radius 2 is 1.94 bits per heavy atom. The molecule has 1 heterocycles. The second-order valence-corrected chi connectivity index (χ2v) is 4.83. The first-order valence-corrected chi connectivity index (χ1v) is 6.31. The summed E-state index contributed by atoms with van der Waals surface area (Å²) in [6, 6.07) is 3.26. The van der Waals surface area contributed by atoms with Gasteiger partial charge in [-0.25, -0.2) is 4.98 Å². The zero-order valence-electron chi connectivity index (χ0n) is 10.2. The van der Waals surface area contributed by atoms with E-state index < -0.39 is 0 Å². The number of amides is 1. The lowest BCUT2D eigenvalue weighted by atomic mass is 10.1. The van der Waals surface area contributed by atoms with Gasteiger partial charge in [0.25, 0.3) is 5.91 Å². The number of hydrogen-bond acceptors (Lipinski definition) is 2. The Labute approximate surface area is 112 Å². The molecule has 0 aliphatic rings. The minimum Gasteiger partial charge on any atom is -0.339 e. The molecule has 94 valence electrons. The molecule has 0 radical (unpaired) electrons. The van der Waals surface area contributed by atoms with E-state index in [1.807, 2.05) is 6.92 Å². The van der Waals surface area contributed by atoms with Crippen LogP contribution in [-0.4, -0.2) is 28.9 Å². The number of aromatic nitrogens is 1. The van der Waals surface area contributed by atoms with Crippen LogP contribution in [-0.2, 0) is 0 Å². The maximum atomic E-state index is 12.1. The number of carbonyl (C=O) groups is 1. The van der Waals surface area contributed by atoms with E-state index in [0.717, 1.165) is 12.8 Å². The van der Waals surface area contributed by atoms with Gasteiger partial charge in [-0.15, -0.1) is 0 Å². The summed E-state index contributed by atoms with van der Waals surface area (Å²) in [6.45, 7) is 4.11. The number of hydrogen-bond donors (Lipinski definition) is 0. The molecule has 1 atom stereocenters. The molecular weight excluding hydrogens is 259 g/mol. The molecule has 1 aromatic rings. The van der Waals surface area contributed by atoms with Gasteiger partial charge in [0.15, 0.2) is 0 Å². The van der Waals surface area contributed by atoms with Gasteiger partial charge >= 0.3 is 0 Å². The van der Waals surface area contributed by atoms with Crippen LogP contribution in [0.25, 0.3) is 0 Å². The Morgan fingerprint density at radius 3 is 2.41 bits per heavy atom. The largest absolute Gasteiger partial charge is 0.339 e. The smallest absolute Gasteiger partial charge is 0.254 e. The highest BCUT2D eigenvalue weighted by molar-refractivity contribution is 6.33. The van der Waals surface area contributed by atoms with Crippen molar-refractivity contribution in [2.45, 2.75) is 32.7 Å². The molecular formula is C12H16Cl2N2O. The maximum Gasteiger partial charge on any atom is 0.254 e. The fourth-order valence-corrected chi connectivity index (χ4v) is 2.06. The molecule has 1 aromatic heterocycles. The van der Waals surface area contributed by atoms with Crippen LogP contribution in [0, 0.1) is 0 Å². The van der Waals surface area contributed by atoms with Gasteiger partial charge < -0.3 is 4.90 Å². The normalized spacial score (nSPS) is 12.3. The van der Waals surface area contributed by atoms with Crippen LogP contribution in [0.1, 0.15) is 37.0 Å². The predicted molar refractivity (Wildman–Crippen MR) is 70.7 cm³/mol. The second-order valence-electron chi connectivity index (χ2n) is 4.06. The summed E-state index contributed by atoms with van der Waals surface area (Å²) in [5.41, 5.74) is 0.473. The van der Waals surface area contributed by atoms with Crippen LogP contribution in [0.4, 0.5) is 0 Å². The molecule has 0 aliphatic carbocycles. The van der Waals surface area contributed by atoms with Crippen molar-refractivity contribution in [1.82, 2.24) is 9.88 Å². The molecule has 1 rings (SSSR count). The van der Waals surface area contributed by atoms with Gasteiger partial charge in [0, 0.05) is 18.7 Å². The van der Waals surface area contributed by atoms with Crippen molar-refractivity contribution in [2.24, 2.45) is 0 Å². The molecule has 1 unspecified atom stereocenters. The third-order valence-electron chi connectivity index (χ3n) is 2.70. The van der Waals surface area contributed by atoms with Crippen molar-refractivity contribution in [2.75, 3.05) is 7.05 Å². The molecule has 0 aromatic carbocycles. The van der Waals surface area contributed by atoms with Crippen molar-refractivity contribution in [1.29, 1.82) is 0 Å². The summed E-state index contributed by atoms with van der Waals surface area (Å²) in [7, 11) is 1.78. The molecule has 5 heteroatoms. The van der Waals surface area contributed by atoms with E-state index in [2.05, 4.69) is 11.9 Å². The summed E-state index contributed by atoms with van der Waals surface area (Å²) in [5, 5.41) is 0.467. The Morgan fingerprint density at radius 1 is 1.41 bits per heavy atom. The van der Waals surface area contributed by atoms with E-state index in [4.69, 9.17) is 23.2 Å². The lowest BCUT2D eigenvalue weighted by Gasteiger charge is -2.24. The SMILES string of the molecule is CCCC(C)N(C)C(=O)c1cc(Cl)nc(Cl)c1. The highest BCUT2D eigenvalue weighted by Crippen LogP contribution is 2.17. The van der Waals surface area contributed by atoms with Gasteiger partial charge in [-0.3, -0.25) is 4.79 Å². The number of carbonyl (C=O) groups excluding carboxylic acids is 1. The molecule has 0 saturated carbocycles. The zero-order chi connectivity index (χ0) is 13.0. The van der Waals surface area contributed by atoms with Crippen molar-refractivity contribution in [3.05, 3.63) is 28.0 Å². The fourth-order valence-electron chi connectivity index (χ4n) is 1.60. The van der Waals surface area contributed by atoms with Gasteiger partial charge in [-0.1, -0.05) is 36.5 Å². The highest BCUT2D eigenvalue weighted by atomic mass is 35.5. The fraction of sp³-hybridized carbons (Fsp3) is 0.500. The van der Waals surface area contributed by atoms with Crippen molar-refractivity contribution in [3.8, 4) is 0 Å². The molecule has 1 amide bonds. The summed E-state index contributed by atoms with van der Waals surface area (Å²) >= 11 is 11.5. The molecule has 0 saturated heterocycles. The van der Waals surface area contributed by atoms with Crippen LogP contribution in [0.2, 0.25) is 10.3 Å². The van der Waals surface area contributed by atoms with Gasteiger partial charge in [-0.05, 0) is 25.5 Å². The minimum atomic E-state index is -0.0860. The molecule has 17 heavy (non-hydrogen) atoms. The Hall–Kier alpha value is -0.800. The third kappa shape index (κ3) is 3.86. The number of halogens is 2. The van der Waals surface area contributed by atoms with Crippen LogP contribution in [0.3, 0.4) is 0 Å². The first-order chi connectivity index (χ1) is 7.95. The molecule has 0 aliphatic heterocycles. The standard InChI is InChI=1S/C12H16Cl2N2O/c1-4-5-8(2)16(3)12(17)9-6-10(13)15-11(14)7-9/h6-8H,4-5H2,1-3H3. The number of nitrogens with zero attached hydrogens (tertiary/aromatic N) is 2. The van der Waals surface area contributed by atoms with E-state index in [9.17, 15) is 4.79 Å². The zero-order valence-corrected chi connectivity index (χ0v) is 11.7. The van der Waals surface area contributed by atoms with Gasteiger partial charge in [0.2, 0.25) is 0 Å². The lowest BCUT2D eigenvalue weighted by Crippen LogP contribution is -2.35. The van der Waals surface area contributed by atoms with Gasteiger partial charge in [0.05, 0.1) is 0 Å². The average molecular weight is 275 g/mol. The van der Waals surface area contributed by atoms with E-state index in [1.165, 1.54) is 12.1 Å². The third-order valence-corrected chi connectivity index (χ3v) is 3.08. The van der Waals surface area contributed by atoms with E-state index in [-0.39, 0.29) is 22.3 Å². The van der Waals surface area contributed by atoms with Crippen molar-refractivity contribution in [3.63, 3.8) is 0 Å². The molecule has 3 nitrogen and oxygen atoms in total. The van der Waals surface area contributed by atoms with E-state index in [0.29, 0.717) is 5.56 Å². The molecule has 0 spiro atoms. The average Bonchev–Trinajstić information content (AvgIpc) is 2.26. The summed E-state index contributed by atoms with van der Waals surface area (Å²) in [6.07, 6.45) is 2.01. The van der Waals surface area contributed by atoms with Crippen LogP contribution < -0.4 is 0 Å². The summed E-state index contributed by atoms with van der Waals surface area (Å²) in [4.78, 5) is 17.7. The first kappa shape index (κ1) is 14.3. The van der Waals surface area contributed by atoms with Crippen LogP contribution >= 0.6 is 23.2 Å². The van der Waals surface area contributed by atoms with Crippen molar-refractivity contribution < 1.29 is 4.79 Å². The molecule has 0 bridgehead atoms. The predicted octanol–water partition coefficient (Wildman–Crippen LogP) is 3.65.